The van der Waals surface area contributed by atoms with Crippen LogP contribution in [0.4, 0.5) is 4.39 Å². The lowest BCUT2D eigenvalue weighted by Crippen LogP contribution is -2.33. The summed E-state index contributed by atoms with van der Waals surface area (Å²) in [6.45, 7) is 11.3. The normalized spacial score (nSPS) is 30.1. The number of aliphatic hydroxyl groups excluding tert-OH is 1. The fourth-order valence-corrected chi connectivity index (χ4v) is 3.21. The first-order valence-corrected chi connectivity index (χ1v) is 8.64. The van der Waals surface area contributed by atoms with E-state index in [1.165, 1.54) is 11.1 Å². The largest absolute Gasteiger partial charge is 0.392 e. The lowest BCUT2D eigenvalue weighted by atomic mass is 9.89. The average Bonchev–Trinajstić information content (AvgIpc) is 2.58. The zero-order valence-corrected chi connectivity index (χ0v) is 14.5. The Morgan fingerprint density at radius 1 is 1.29 bits per heavy atom. The Balaban J connectivity index is 2.63. The van der Waals surface area contributed by atoms with Gasteiger partial charge < -0.3 is 10.4 Å². The van der Waals surface area contributed by atoms with Gasteiger partial charge in [-0.15, -0.1) is 0 Å². The quantitative estimate of drug-likeness (QED) is 0.689. The van der Waals surface area contributed by atoms with E-state index in [1.807, 2.05) is 6.92 Å². The maximum absolute atomic E-state index is 13.6. The second kappa shape index (κ2) is 8.89. The SMILES string of the molecule is CCC(C[C@H](F)CC)NCC1=C(C)[C@H](C)[C@H](O)[C@H](C)CC1. The number of nitrogens with one attached hydrogen (secondary N) is 1. The highest BCUT2D eigenvalue weighted by molar-refractivity contribution is 5.19. The summed E-state index contributed by atoms with van der Waals surface area (Å²) < 4.78 is 13.6. The minimum absolute atomic E-state index is 0.226. The minimum Gasteiger partial charge on any atom is -0.392 e. The average molecular weight is 299 g/mol. The van der Waals surface area contributed by atoms with Crippen LogP contribution in [0.25, 0.3) is 0 Å². The highest BCUT2D eigenvalue weighted by Gasteiger charge is 2.27. The van der Waals surface area contributed by atoms with Gasteiger partial charge in [0, 0.05) is 18.5 Å². The molecule has 0 aromatic rings. The van der Waals surface area contributed by atoms with Gasteiger partial charge in [-0.3, -0.25) is 0 Å². The molecule has 2 nitrogen and oxygen atoms in total. The monoisotopic (exact) mass is 299 g/mol. The molecule has 124 valence electrons. The van der Waals surface area contributed by atoms with E-state index in [4.69, 9.17) is 0 Å². The number of aliphatic hydroxyl groups is 1. The van der Waals surface area contributed by atoms with E-state index in [1.54, 1.807) is 0 Å². The van der Waals surface area contributed by atoms with Crippen LogP contribution in [0.3, 0.4) is 0 Å². The Morgan fingerprint density at radius 2 is 1.95 bits per heavy atom. The Morgan fingerprint density at radius 3 is 2.52 bits per heavy atom. The van der Waals surface area contributed by atoms with E-state index >= 15 is 0 Å². The Hall–Kier alpha value is -0.410. The van der Waals surface area contributed by atoms with E-state index in [0.717, 1.165) is 25.8 Å². The van der Waals surface area contributed by atoms with E-state index in [9.17, 15) is 9.50 Å². The van der Waals surface area contributed by atoms with Gasteiger partial charge in [0.05, 0.1) is 6.10 Å². The van der Waals surface area contributed by atoms with Crippen LogP contribution in [-0.2, 0) is 0 Å². The smallest absolute Gasteiger partial charge is 0.101 e. The maximum atomic E-state index is 13.6. The summed E-state index contributed by atoms with van der Waals surface area (Å²) in [7, 11) is 0. The summed E-state index contributed by atoms with van der Waals surface area (Å²) >= 11 is 0. The van der Waals surface area contributed by atoms with E-state index in [-0.39, 0.29) is 18.1 Å². The predicted octanol–water partition coefficient (Wildman–Crippen LogP) is 4.24. The molecule has 1 aliphatic rings. The zero-order chi connectivity index (χ0) is 16.0. The van der Waals surface area contributed by atoms with Crippen LogP contribution in [0.1, 0.15) is 66.7 Å². The summed E-state index contributed by atoms with van der Waals surface area (Å²) in [5.41, 5.74) is 2.73. The summed E-state index contributed by atoms with van der Waals surface area (Å²) in [6.07, 6.45) is 3.31. The lowest BCUT2D eigenvalue weighted by molar-refractivity contribution is 0.0789. The van der Waals surface area contributed by atoms with Gasteiger partial charge in [0.15, 0.2) is 0 Å². The molecule has 0 aromatic heterocycles. The van der Waals surface area contributed by atoms with Crippen molar-refractivity contribution in [2.75, 3.05) is 6.54 Å². The second-order valence-corrected chi connectivity index (χ2v) is 6.81. The third kappa shape index (κ3) is 5.37. The number of halogens is 1. The molecule has 0 bridgehead atoms. The topological polar surface area (TPSA) is 32.3 Å². The van der Waals surface area contributed by atoms with Crippen LogP contribution in [0.2, 0.25) is 0 Å². The molecule has 1 rings (SSSR count). The van der Waals surface area contributed by atoms with Gasteiger partial charge in [-0.2, -0.15) is 0 Å². The third-order valence-corrected chi connectivity index (χ3v) is 5.32. The molecule has 3 heteroatoms. The van der Waals surface area contributed by atoms with Crippen molar-refractivity contribution in [3.8, 4) is 0 Å². The molecule has 0 aromatic carbocycles. The molecular weight excluding hydrogens is 265 g/mol. The maximum Gasteiger partial charge on any atom is 0.101 e. The highest BCUT2D eigenvalue weighted by atomic mass is 19.1. The van der Waals surface area contributed by atoms with Gasteiger partial charge in [0.2, 0.25) is 0 Å². The molecule has 5 atom stereocenters. The fraction of sp³-hybridized carbons (Fsp3) is 0.889. The summed E-state index contributed by atoms with van der Waals surface area (Å²) in [5, 5.41) is 13.8. The molecule has 0 heterocycles. The molecule has 0 aliphatic heterocycles. The summed E-state index contributed by atoms with van der Waals surface area (Å²) in [4.78, 5) is 0. The van der Waals surface area contributed by atoms with Gasteiger partial charge in [-0.05, 0) is 44.9 Å². The van der Waals surface area contributed by atoms with Gasteiger partial charge in [0.25, 0.3) is 0 Å². The molecule has 21 heavy (non-hydrogen) atoms. The van der Waals surface area contributed by atoms with Crippen molar-refractivity contribution in [1.29, 1.82) is 0 Å². The van der Waals surface area contributed by atoms with Crippen molar-refractivity contribution in [2.45, 2.75) is 85.0 Å². The summed E-state index contributed by atoms with van der Waals surface area (Å²) in [5.74, 6) is 0.577. The first-order valence-electron chi connectivity index (χ1n) is 8.64. The van der Waals surface area contributed by atoms with Gasteiger partial charge in [0.1, 0.15) is 6.17 Å². The third-order valence-electron chi connectivity index (χ3n) is 5.32. The summed E-state index contributed by atoms with van der Waals surface area (Å²) in [6, 6.07) is 0.251. The molecule has 0 saturated carbocycles. The van der Waals surface area contributed by atoms with Crippen molar-refractivity contribution < 1.29 is 9.50 Å². The molecule has 2 N–H and O–H groups in total. The Labute approximate surface area is 130 Å². The van der Waals surface area contributed by atoms with Gasteiger partial charge in [-0.1, -0.05) is 38.8 Å². The van der Waals surface area contributed by atoms with Gasteiger partial charge in [-0.25, -0.2) is 4.39 Å². The molecular formula is C18H34FNO. The molecule has 0 amide bonds. The van der Waals surface area contributed by atoms with Crippen LogP contribution in [0.15, 0.2) is 11.1 Å². The predicted molar refractivity (Wildman–Crippen MR) is 88.2 cm³/mol. The van der Waals surface area contributed by atoms with E-state index < -0.39 is 6.17 Å². The molecule has 1 aliphatic carbocycles. The van der Waals surface area contributed by atoms with Crippen molar-refractivity contribution in [2.24, 2.45) is 11.8 Å². The number of rotatable bonds is 7. The van der Waals surface area contributed by atoms with Crippen LogP contribution in [-0.4, -0.2) is 30.0 Å². The van der Waals surface area contributed by atoms with Crippen molar-refractivity contribution in [3.63, 3.8) is 0 Å². The number of hydrogen-bond acceptors (Lipinski definition) is 2. The van der Waals surface area contributed by atoms with Crippen LogP contribution < -0.4 is 5.32 Å². The Bertz CT molecular complexity index is 342. The minimum atomic E-state index is -0.701. The van der Waals surface area contributed by atoms with Gasteiger partial charge >= 0.3 is 0 Å². The van der Waals surface area contributed by atoms with Crippen LogP contribution in [0, 0.1) is 11.8 Å². The van der Waals surface area contributed by atoms with Crippen LogP contribution in [0.5, 0.6) is 0 Å². The molecule has 1 unspecified atom stereocenters. The zero-order valence-electron chi connectivity index (χ0n) is 14.5. The van der Waals surface area contributed by atoms with Crippen LogP contribution >= 0.6 is 0 Å². The second-order valence-electron chi connectivity index (χ2n) is 6.81. The van der Waals surface area contributed by atoms with Crippen molar-refractivity contribution in [3.05, 3.63) is 11.1 Å². The molecule has 0 fully saturated rings. The molecule has 0 radical (unpaired) electrons. The molecule has 0 saturated heterocycles. The van der Waals surface area contributed by atoms with E-state index in [0.29, 0.717) is 18.8 Å². The van der Waals surface area contributed by atoms with Crippen molar-refractivity contribution in [1.82, 2.24) is 5.32 Å². The fourth-order valence-electron chi connectivity index (χ4n) is 3.21. The first-order chi connectivity index (χ1) is 9.90. The lowest BCUT2D eigenvalue weighted by Gasteiger charge is -2.23. The molecule has 0 spiro atoms. The first kappa shape index (κ1) is 18.6. The van der Waals surface area contributed by atoms with E-state index in [2.05, 4.69) is 33.0 Å². The standard InChI is InChI=1S/C18H34FNO/c1-6-16(19)10-17(7-2)20-11-15-9-8-12(3)18(21)14(5)13(15)4/h12,14,16-18,20-21H,6-11H2,1-5H3/t12-,14+,16-,17?,18-/m1/s1. The van der Waals surface area contributed by atoms with Crippen molar-refractivity contribution >= 4 is 0 Å². The number of alkyl halides is 1. The number of hydrogen-bond donors (Lipinski definition) is 2. The highest BCUT2D eigenvalue weighted by Crippen LogP contribution is 2.31. The Kier molecular flexibility index (Phi) is 7.89.